The summed E-state index contributed by atoms with van der Waals surface area (Å²) in [5.41, 5.74) is 9.41. The summed E-state index contributed by atoms with van der Waals surface area (Å²) in [6, 6.07) is 13.2. The molecule has 2 aromatic carbocycles. The van der Waals surface area contributed by atoms with Gasteiger partial charge in [-0.1, -0.05) is 6.07 Å². The van der Waals surface area contributed by atoms with Crippen LogP contribution in [0.15, 0.2) is 30.3 Å². The summed E-state index contributed by atoms with van der Waals surface area (Å²) in [5.74, 6) is 0.340. The number of nitrogens with two attached hydrogens (primary N) is 1. The second kappa shape index (κ2) is 5.39. The maximum Gasteiger partial charge on any atom is 0.249 e. The van der Waals surface area contributed by atoms with Gasteiger partial charge in [0, 0.05) is 35.5 Å². The minimum atomic E-state index is -0.393. The van der Waals surface area contributed by atoms with Gasteiger partial charge in [0.2, 0.25) is 5.91 Å². The molecule has 1 aliphatic carbocycles. The van der Waals surface area contributed by atoms with E-state index in [0.29, 0.717) is 12.2 Å². The second-order valence-electron chi connectivity index (χ2n) is 6.32. The monoisotopic (exact) mass is 307 g/mol. The first-order valence-corrected chi connectivity index (χ1v) is 7.93. The molecular formula is C19H19N2O2. The van der Waals surface area contributed by atoms with Crippen molar-refractivity contribution in [1.29, 1.82) is 0 Å². The van der Waals surface area contributed by atoms with Gasteiger partial charge in [0.1, 0.15) is 0 Å². The van der Waals surface area contributed by atoms with E-state index in [2.05, 4.69) is 22.8 Å². The number of ether oxygens (including phenoxy) is 1. The number of carbonyl (C=O) groups excluding carboxylic acids is 1. The lowest BCUT2D eigenvalue weighted by Gasteiger charge is -2.07. The topological polar surface area (TPSA) is 57.2 Å². The van der Waals surface area contributed by atoms with E-state index >= 15 is 0 Å². The van der Waals surface area contributed by atoms with Crippen molar-refractivity contribution in [2.45, 2.75) is 26.0 Å². The molecule has 0 saturated heterocycles. The molecule has 23 heavy (non-hydrogen) atoms. The standard InChI is InChI=1S/C19H19N2O2/c1-23-11-13-7-8-14-17(9-13)21(10-12-5-6-12)16-4-2-3-15(18(14)16)19(20)22/h2-4,7,9,12H,5-6,10-11H2,1H3,(H2,20,22). The van der Waals surface area contributed by atoms with E-state index < -0.39 is 5.91 Å². The molecule has 0 spiro atoms. The van der Waals surface area contributed by atoms with Crippen LogP contribution in [0.2, 0.25) is 0 Å². The number of aromatic nitrogens is 1. The van der Waals surface area contributed by atoms with Crippen LogP contribution in [0.4, 0.5) is 0 Å². The van der Waals surface area contributed by atoms with Gasteiger partial charge >= 0.3 is 0 Å². The Labute approximate surface area is 134 Å². The summed E-state index contributed by atoms with van der Waals surface area (Å²) in [6.45, 7) is 1.53. The number of nitrogens with zero attached hydrogens (tertiary/aromatic N) is 1. The van der Waals surface area contributed by atoms with E-state index in [-0.39, 0.29) is 0 Å². The largest absolute Gasteiger partial charge is 0.380 e. The predicted molar refractivity (Wildman–Crippen MR) is 90.2 cm³/mol. The Bertz CT molecular complexity index is 907. The summed E-state index contributed by atoms with van der Waals surface area (Å²) in [7, 11) is 1.69. The molecule has 4 nitrogen and oxygen atoms in total. The Balaban J connectivity index is 2.04. The highest BCUT2D eigenvalue weighted by molar-refractivity contribution is 6.17. The number of carbonyl (C=O) groups is 1. The van der Waals surface area contributed by atoms with Crippen LogP contribution in [0.1, 0.15) is 28.8 Å². The van der Waals surface area contributed by atoms with E-state index in [1.54, 1.807) is 13.2 Å². The van der Waals surface area contributed by atoms with E-state index in [1.807, 2.05) is 12.1 Å². The SMILES string of the molecule is COCc1c[c]c2c3c(C(N)=O)cccc3n(CC3CC3)c2c1. The van der Waals surface area contributed by atoms with Gasteiger partial charge in [0.05, 0.1) is 12.1 Å². The van der Waals surface area contributed by atoms with Crippen molar-refractivity contribution in [2.75, 3.05) is 7.11 Å². The summed E-state index contributed by atoms with van der Waals surface area (Å²) >= 11 is 0. The molecule has 4 heteroatoms. The molecule has 1 heterocycles. The van der Waals surface area contributed by atoms with Gasteiger partial charge in [0.25, 0.3) is 0 Å². The van der Waals surface area contributed by atoms with Gasteiger partial charge in [-0.3, -0.25) is 4.79 Å². The fourth-order valence-electron chi connectivity index (χ4n) is 3.31. The van der Waals surface area contributed by atoms with E-state index in [0.717, 1.165) is 39.8 Å². The average Bonchev–Trinajstić information content (AvgIpc) is 3.31. The molecule has 4 rings (SSSR count). The third-order valence-electron chi connectivity index (χ3n) is 4.57. The molecule has 1 aromatic heterocycles. The molecule has 0 atom stereocenters. The lowest BCUT2D eigenvalue weighted by molar-refractivity contribution is 0.100. The van der Waals surface area contributed by atoms with Crippen molar-refractivity contribution in [2.24, 2.45) is 11.7 Å². The highest BCUT2D eigenvalue weighted by Crippen LogP contribution is 2.37. The zero-order valence-corrected chi connectivity index (χ0v) is 13.1. The molecule has 1 fully saturated rings. The molecule has 2 N–H and O–H groups in total. The van der Waals surface area contributed by atoms with Crippen molar-refractivity contribution in [3.8, 4) is 0 Å². The Morgan fingerprint density at radius 1 is 1.39 bits per heavy atom. The van der Waals surface area contributed by atoms with Crippen molar-refractivity contribution in [3.63, 3.8) is 0 Å². The quantitative estimate of drug-likeness (QED) is 0.786. The van der Waals surface area contributed by atoms with Gasteiger partial charge in [-0.15, -0.1) is 0 Å². The zero-order valence-electron chi connectivity index (χ0n) is 13.1. The molecule has 3 aromatic rings. The number of methoxy groups -OCH3 is 1. The van der Waals surface area contributed by atoms with Gasteiger partial charge in [-0.25, -0.2) is 0 Å². The maximum absolute atomic E-state index is 11.9. The van der Waals surface area contributed by atoms with Gasteiger partial charge in [0.15, 0.2) is 0 Å². The third-order valence-corrected chi connectivity index (χ3v) is 4.57. The van der Waals surface area contributed by atoms with Crippen molar-refractivity contribution in [1.82, 2.24) is 4.57 Å². The van der Waals surface area contributed by atoms with E-state index in [4.69, 9.17) is 10.5 Å². The van der Waals surface area contributed by atoms with Crippen LogP contribution in [-0.4, -0.2) is 17.6 Å². The van der Waals surface area contributed by atoms with Crippen molar-refractivity contribution < 1.29 is 9.53 Å². The molecule has 0 unspecified atom stereocenters. The molecule has 1 amide bonds. The molecular weight excluding hydrogens is 288 g/mol. The Kier molecular flexibility index (Phi) is 3.34. The first-order valence-electron chi connectivity index (χ1n) is 7.93. The Hall–Kier alpha value is -2.33. The minimum Gasteiger partial charge on any atom is -0.380 e. The maximum atomic E-state index is 11.9. The van der Waals surface area contributed by atoms with Crippen LogP contribution < -0.4 is 5.73 Å². The Morgan fingerprint density at radius 3 is 2.91 bits per heavy atom. The lowest BCUT2D eigenvalue weighted by Crippen LogP contribution is -2.11. The normalized spacial score (nSPS) is 14.7. The van der Waals surface area contributed by atoms with Crippen LogP contribution in [-0.2, 0) is 17.9 Å². The molecule has 0 bridgehead atoms. The number of benzene rings is 2. The summed E-state index contributed by atoms with van der Waals surface area (Å²) < 4.78 is 7.55. The average molecular weight is 307 g/mol. The number of amides is 1. The number of rotatable bonds is 5. The number of primary amides is 1. The molecule has 0 aliphatic heterocycles. The van der Waals surface area contributed by atoms with Gasteiger partial charge in [-0.05, 0) is 54.7 Å². The predicted octanol–water partition coefficient (Wildman–Crippen LogP) is 3.25. The van der Waals surface area contributed by atoms with Crippen molar-refractivity contribution in [3.05, 3.63) is 47.5 Å². The fourth-order valence-corrected chi connectivity index (χ4v) is 3.31. The van der Waals surface area contributed by atoms with Crippen LogP contribution >= 0.6 is 0 Å². The fraction of sp³-hybridized carbons (Fsp3) is 0.316. The molecule has 1 aliphatic rings. The second-order valence-corrected chi connectivity index (χ2v) is 6.32. The smallest absolute Gasteiger partial charge is 0.249 e. The third kappa shape index (κ3) is 2.39. The number of fused-ring (bicyclic) bond motifs is 3. The number of hydrogen-bond donors (Lipinski definition) is 1. The van der Waals surface area contributed by atoms with E-state index in [1.165, 1.54) is 12.8 Å². The van der Waals surface area contributed by atoms with Crippen molar-refractivity contribution >= 4 is 27.7 Å². The first kappa shape index (κ1) is 14.3. The number of hydrogen-bond acceptors (Lipinski definition) is 2. The summed E-state index contributed by atoms with van der Waals surface area (Å²) in [4.78, 5) is 11.9. The van der Waals surface area contributed by atoms with Crippen LogP contribution in [0.5, 0.6) is 0 Å². The van der Waals surface area contributed by atoms with Crippen LogP contribution in [0.25, 0.3) is 21.8 Å². The Morgan fingerprint density at radius 2 is 2.22 bits per heavy atom. The molecule has 117 valence electrons. The van der Waals surface area contributed by atoms with Crippen LogP contribution in [0, 0.1) is 12.0 Å². The molecule has 1 saturated carbocycles. The highest BCUT2D eigenvalue weighted by Gasteiger charge is 2.25. The zero-order chi connectivity index (χ0) is 16.0. The van der Waals surface area contributed by atoms with Gasteiger partial charge < -0.3 is 15.0 Å². The van der Waals surface area contributed by atoms with Gasteiger partial charge in [-0.2, -0.15) is 0 Å². The summed E-state index contributed by atoms with van der Waals surface area (Å²) in [6.07, 6.45) is 2.55. The minimum absolute atomic E-state index is 0.393. The first-order chi connectivity index (χ1) is 11.2. The highest BCUT2D eigenvalue weighted by atomic mass is 16.5. The summed E-state index contributed by atoms with van der Waals surface area (Å²) in [5, 5.41) is 1.88. The lowest BCUT2D eigenvalue weighted by atomic mass is 10.0. The van der Waals surface area contributed by atoms with E-state index in [9.17, 15) is 4.79 Å². The van der Waals surface area contributed by atoms with Crippen LogP contribution in [0.3, 0.4) is 0 Å². The molecule has 1 radical (unpaired) electrons.